The van der Waals surface area contributed by atoms with Gasteiger partial charge in [0.2, 0.25) is 0 Å². The second kappa shape index (κ2) is 4.59. The summed E-state index contributed by atoms with van der Waals surface area (Å²) < 4.78 is 5.33. The number of nitrogen functional groups attached to an aromatic ring is 1. The van der Waals surface area contributed by atoms with Crippen LogP contribution in [0.25, 0.3) is 0 Å². The second-order valence-electron chi connectivity index (χ2n) is 4.17. The highest BCUT2D eigenvalue weighted by molar-refractivity contribution is 5.39. The van der Waals surface area contributed by atoms with E-state index in [-0.39, 0.29) is 11.6 Å². The molecule has 1 heterocycles. The van der Waals surface area contributed by atoms with Crippen molar-refractivity contribution in [2.75, 3.05) is 12.8 Å². The van der Waals surface area contributed by atoms with Gasteiger partial charge >= 0.3 is 0 Å². The predicted octanol–water partition coefficient (Wildman–Crippen LogP) is 0.959. The van der Waals surface area contributed by atoms with Crippen molar-refractivity contribution in [2.45, 2.75) is 31.9 Å². The molecule has 0 aromatic carbocycles. The maximum absolute atomic E-state index is 6.05. The largest absolute Gasteiger partial charge is 0.383 e. The molecule has 0 aliphatic carbocycles. The van der Waals surface area contributed by atoms with Gasteiger partial charge in [-0.25, -0.2) is 4.98 Å². The van der Waals surface area contributed by atoms with Crippen LogP contribution in [0.3, 0.4) is 0 Å². The van der Waals surface area contributed by atoms with Gasteiger partial charge in [-0.15, -0.1) is 0 Å². The Bertz CT molecular complexity index is 325. The summed E-state index contributed by atoms with van der Waals surface area (Å²) in [6, 6.07) is 3.69. The smallest absolute Gasteiger partial charge is 0.126 e. The number of anilines is 1. The molecule has 0 fully saturated rings. The first-order chi connectivity index (χ1) is 6.97. The van der Waals surface area contributed by atoms with Crippen LogP contribution in [0.2, 0.25) is 0 Å². The number of pyridine rings is 1. The summed E-state index contributed by atoms with van der Waals surface area (Å²) in [5.41, 5.74) is 12.4. The molecule has 0 saturated carbocycles. The Hall–Kier alpha value is -1.13. The molecule has 0 aliphatic heterocycles. The number of aromatic nitrogens is 1. The number of nitrogens with zero attached hydrogens (tertiary/aromatic N) is 1. The summed E-state index contributed by atoms with van der Waals surface area (Å²) in [7, 11) is 1.66. The molecule has 1 atom stereocenters. The molecular formula is C11H19N3O. The number of hydrogen-bond acceptors (Lipinski definition) is 4. The van der Waals surface area contributed by atoms with Gasteiger partial charge < -0.3 is 16.2 Å². The molecule has 4 heteroatoms. The minimum Gasteiger partial charge on any atom is -0.383 e. The van der Waals surface area contributed by atoms with Crippen molar-refractivity contribution in [3.8, 4) is 0 Å². The number of hydrogen-bond donors (Lipinski definition) is 2. The Morgan fingerprint density at radius 2 is 2.20 bits per heavy atom. The van der Waals surface area contributed by atoms with Crippen LogP contribution in [0.1, 0.15) is 19.4 Å². The molecule has 0 saturated heterocycles. The predicted molar refractivity (Wildman–Crippen MR) is 61.4 cm³/mol. The first-order valence-electron chi connectivity index (χ1n) is 4.97. The van der Waals surface area contributed by atoms with Gasteiger partial charge in [0, 0.05) is 19.3 Å². The lowest BCUT2D eigenvalue weighted by molar-refractivity contribution is 0.000834. The van der Waals surface area contributed by atoms with E-state index in [4.69, 9.17) is 16.2 Å². The number of nitrogens with two attached hydrogens (primary N) is 2. The molecule has 0 spiro atoms. The fourth-order valence-corrected chi connectivity index (χ4v) is 1.26. The molecule has 0 amide bonds. The minimum atomic E-state index is -0.359. The van der Waals surface area contributed by atoms with E-state index in [2.05, 4.69) is 4.98 Å². The SMILES string of the molecule is COC(C)(C)C(N)Cc1cccnc1N. The molecule has 1 unspecified atom stereocenters. The average molecular weight is 209 g/mol. The average Bonchev–Trinajstić information content (AvgIpc) is 2.21. The maximum Gasteiger partial charge on any atom is 0.126 e. The summed E-state index contributed by atoms with van der Waals surface area (Å²) in [4.78, 5) is 4.02. The highest BCUT2D eigenvalue weighted by Gasteiger charge is 2.26. The third-order valence-electron chi connectivity index (χ3n) is 2.78. The molecule has 1 aromatic rings. The molecular weight excluding hydrogens is 190 g/mol. The highest BCUT2D eigenvalue weighted by Crippen LogP contribution is 2.18. The van der Waals surface area contributed by atoms with Gasteiger partial charge in [-0.2, -0.15) is 0 Å². The van der Waals surface area contributed by atoms with E-state index in [0.717, 1.165) is 5.56 Å². The molecule has 4 N–H and O–H groups in total. The standard InChI is InChI=1S/C11H19N3O/c1-11(2,15-3)9(12)7-8-5-4-6-14-10(8)13/h4-6,9H,7,12H2,1-3H3,(H2,13,14). The topological polar surface area (TPSA) is 74.2 Å². The van der Waals surface area contributed by atoms with Crippen molar-refractivity contribution in [1.29, 1.82) is 0 Å². The van der Waals surface area contributed by atoms with Gasteiger partial charge in [0.1, 0.15) is 5.82 Å². The Balaban J connectivity index is 2.75. The molecule has 1 aromatic heterocycles. The van der Waals surface area contributed by atoms with Crippen LogP contribution in [0.5, 0.6) is 0 Å². The van der Waals surface area contributed by atoms with Crippen LogP contribution in [0, 0.1) is 0 Å². The lowest BCUT2D eigenvalue weighted by atomic mass is 9.93. The van der Waals surface area contributed by atoms with E-state index in [0.29, 0.717) is 12.2 Å². The van der Waals surface area contributed by atoms with E-state index in [1.54, 1.807) is 13.3 Å². The first-order valence-corrected chi connectivity index (χ1v) is 4.97. The van der Waals surface area contributed by atoms with Crippen molar-refractivity contribution in [3.05, 3.63) is 23.9 Å². The van der Waals surface area contributed by atoms with Crippen LogP contribution in [-0.4, -0.2) is 23.7 Å². The maximum atomic E-state index is 6.05. The van der Waals surface area contributed by atoms with Crippen LogP contribution in [0.15, 0.2) is 18.3 Å². The van der Waals surface area contributed by atoms with E-state index >= 15 is 0 Å². The number of ether oxygens (including phenoxy) is 1. The summed E-state index contributed by atoms with van der Waals surface area (Å²) in [5.74, 6) is 0.542. The van der Waals surface area contributed by atoms with Gasteiger partial charge in [-0.1, -0.05) is 6.07 Å². The van der Waals surface area contributed by atoms with E-state index < -0.39 is 0 Å². The van der Waals surface area contributed by atoms with Gasteiger partial charge in [0.25, 0.3) is 0 Å². The van der Waals surface area contributed by atoms with Gasteiger partial charge in [0.15, 0.2) is 0 Å². The van der Waals surface area contributed by atoms with Crippen LogP contribution < -0.4 is 11.5 Å². The van der Waals surface area contributed by atoms with Crippen LogP contribution >= 0.6 is 0 Å². The highest BCUT2D eigenvalue weighted by atomic mass is 16.5. The van der Waals surface area contributed by atoms with E-state index in [1.165, 1.54) is 0 Å². The monoisotopic (exact) mass is 209 g/mol. The third kappa shape index (κ3) is 2.91. The molecule has 84 valence electrons. The van der Waals surface area contributed by atoms with Gasteiger partial charge in [-0.3, -0.25) is 0 Å². The lowest BCUT2D eigenvalue weighted by Crippen LogP contribution is -2.46. The Labute approximate surface area is 90.6 Å². The fraction of sp³-hybridized carbons (Fsp3) is 0.545. The number of methoxy groups -OCH3 is 1. The normalized spacial score (nSPS) is 13.9. The fourth-order valence-electron chi connectivity index (χ4n) is 1.26. The lowest BCUT2D eigenvalue weighted by Gasteiger charge is -2.30. The van der Waals surface area contributed by atoms with E-state index in [9.17, 15) is 0 Å². The quantitative estimate of drug-likeness (QED) is 0.774. The Morgan fingerprint density at radius 3 is 2.73 bits per heavy atom. The molecule has 1 rings (SSSR count). The molecule has 0 aliphatic rings. The molecule has 0 bridgehead atoms. The van der Waals surface area contributed by atoms with Gasteiger partial charge in [0.05, 0.1) is 5.60 Å². The summed E-state index contributed by atoms with van der Waals surface area (Å²) >= 11 is 0. The van der Waals surface area contributed by atoms with Crippen molar-refractivity contribution in [3.63, 3.8) is 0 Å². The molecule has 4 nitrogen and oxygen atoms in total. The summed E-state index contributed by atoms with van der Waals surface area (Å²) in [6.45, 7) is 3.93. The van der Waals surface area contributed by atoms with Crippen molar-refractivity contribution >= 4 is 5.82 Å². The van der Waals surface area contributed by atoms with Crippen LogP contribution in [-0.2, 0) is 11.2 Å². The number of rotatable bonds is 4. The zero-order valence-corrected chi connectivity index (χ0v) is 9.53. The summed E-state index contributed by atoms with van der Waals surface area (Å²) in [5, 5.41) is 0. The van der Waals surface area contributed by atoms with Crippen molar-refractivity contribution < 1.29 is 4.74 Å². The summed E-state index contributed by atoms with van der Waals surface area (Å²) in [6.07, 6.45) is 2.34. The Kier molecular flexibility index (Phi) is 3.66. The zero-order valence-electron chi connectivity index (χ0n) is 9.53. The van der Waals surface area contributed by atoms with Gasteiger partial charge in [-0.05, 0) is 31.9 Å². The van der Waals surface area contributed by atoms with Crippen molar-refractivity contribution in [2.24, 2.45) is 5.73 Å². The van der Waals surface area contributed by atoms with E-state index in [1.807, 2.05) is 26.0 Å². The first kappa shape index (κ1) is 11.9. The third-order valence-corrected chi connectivity index (χ3v) is 2.78. The van der Waals surface area contributed by atoms with Crippen LogP contribution in [0.4, 0.5) is 5.82 Å². The van der Waals surface area contributed by atoms with Crippen molar-refractivity contribution in [1.82, 2.24) is 4.98 Å². The molecule has 15 heavy (non-hydrogen) atoms. The zero-order chi connectivity index (χ0) is 11.5. The molecule has 0 radical (unpaired) electrons. The second-order valence-corrected chi connectivity index (χ2v) is 4.17. The minimum absolute atomic E-state index is 0.103. The Morgan fingerprint density at radius 1 is 1.53 bits per heavy atom.